The first-order valence-corrected chi connectivity index (χ1v) is 6.31. The van der Waals surface area contributed by atoms with E-state index >= 15 is 0 Å². The second kappa shape index (κ2) is 7.12. The Labute approximate surface area is 115 Å². The Morgan fingerprint density at radius 2 is 2.00 bits per heavy atom. The van der Waals surface area contributed by atoms with Crippen LogP contribution in [0.1, 0.15) is 5.89 Å². The quantitative estimate of drug-likeness (QED) is 0.792. The molecular formula is C14H16F2N2O2. The van der Waals surface area contributed by atoms with Gasteiger partial charge in [0, 0.05) is 26.6 Å². The van der Waals surface area contributed by atoms with E-state index in [1.54, 1.807) is 7.11 Å². The van der Waals surface area contributed by atoms with Gasteiger partial charge in [0.1, 0.15) is 11.6 Å². The molecule has 0 spiro atoms. The smallest absolute Gasteiger partial charge is 0.196 e. The van der Waals surface area contributed by atoms with E-state index in [0.717, 1.165) is 6.54 Å². The number of oxazole rings is 1. The van der Waals surface area contributed by atoms with E-state index in [2.05, 4.69) is 10.3 Å². The van der Waals surface area contributed by atoms with Crippen LogP contribution in [0.15, 0.2) is 28.8 Å². The number of nitrogens with one attached hydrogen (secondary N) is 1. The average Bonchev–Trinajstić information content (AvgIpc) is 2.87. The molecule has 1 aromatic heterocycles. The highest BCUT2D eigenvalue weighted by atomic mass is 19.1. The van der Waals surface area contributed by atoms with Crippen molar-refractivity contribution in [1.82, 2.24) is 10.3 Å². The fourth-order valence-electron chi connectivity index (χ4n) is 1.77. The first-order valence-electron chi connectivity index (χ1n) is 6.31. The third kappa shape index (κ3) is 3.61. The molecule has 4 nitrogen and oxygen atoms in total. The standard InChI is InChI=1S/C14H16F2N2O2/c1-19-8-7-17-6-5-13-18-9-12(20-13)14-10(15)3-2-4-11(14)16/h2-4,9,17H,5-8H2,1H3. The van der Waals surface area contributed by atoms with Gasteiger partial charge in [-0.2, -0.15) is 0 Å². The third-order valence-electron chi connectivity index (χ3n) is 2.76. The number of hydrogen-bond donors (Lipinski definition) is 1. The van der Waals surface area contributed by atoms with Gasteiger partial charge in [-0.25, -0.2) is 13.8 Å². The topological polar surface area (TPSA) is 47.3 Å². The molecule has 0 aliphatic heterocycles. The van der Waals surface area contributed by atoms with Gasteiger partial charge in [-0.15, -0.1) is 0 Å². The normalized spacial score (nSPS) is 10.9. The van der Waals surface area contributed by atoms with Gasteiger partial charge < -0.3 is 14.5 Å². The van der Waals surface area contributed by atoms with E-state index < -0.39 is 11.6 Å². The molecule has 0 aliphatic rings. The summed E-state index contributed by atoms with van der Waals surface area (Å²) in [6.07, 6.45) is 1.88. The summed E-state index contributed by atoms with van der Waals surface area (Å²) in [4.78, 5) is 4.02. The minimum atomic E-state index is -0.661. The highest BCUT2D eigenvalue weighted by Gasteiger charge is 2.15. The van der Waals surface area contributed by atoms with Crippen molar-refractivity contribution in [1.29, 1.82) is 0 Å². The van der Waals surface area contributed by atoms with Crippen molar-refractivity contribution >= 4 is 0 Å². The lowest BCUT2D eigenvalue weighted by Crippen LogP contribution is -2.21. The van der Waals surface area contributed by atoms with E-state index in [1.807, 2.05) is 0 Å². The first kappa shape index (κ1) is 14.6. The Morgan fingerprint density at radius 1 is 1.25 bits per heavy atom. The third-order valence-corrected chi connectivity index (χ3v) is 2.76. The number of ether oxygens (including phenoxy) is 1. The van der Waals surface area contributed by atoms with Gasteiger partial charge in [-0.3, -0.25) is 0 Å². The molecule has 0 radical (unpaired) electrons. The van der Waals surface area contributed by atoms with Crippen molar-refractivity contribution < 1.29 is 17.9 Å². The lowest BCUT2D eigenvalue weighted by atomic mass is 10.1. The number of nitrogens with zero attached hydrogens (tertiary/aromatic N) is 1. The van der Waals surface area contributed by atoms with Crippen LogP contribution in [-0.2, 0) is 11.2 Å². The monoisotopic (exact) mass is 282 g/mol. The SMILES string of the molecule is COCCNCCc1ncc(-c2c(F)cccc2F)o1. The van der Waals surface area contributed by atoms with Gasteiger partial charge in [0.05, 0.1) is 18.4 Å². The second-order valence-electron chi connectivity index (χ2n) is 4.21. The molecule has 0 saturated heterocycles. The van der Waals surface area contributed by atoms with Crippen molar-refractivity contribution in [2.45, 2.75) is 6.42 Å². The predicted molar refractivity (Wildman–Crippen MR) is 70.3 cm³/mol. The van der Waals surface area contributed by atoms with Crippen LogP contribution in [0.25, 0.3) is 11.3 Å². The number of methoxy groups -OCH3 is 1. The molecule has 6 heteroatoms. The number of rotatable bonds is 7. The summed E-state index contributed by atoms with van der Waals surface area (Å²) in [5.74, 6) is -0.781. The van der Waals surface area contributed by atoms with Crippen molar-refractivity contribution in [3.8, 4) is 11.3 Å². The molecule has 0 amide bonds. The molecule has 1 aromatic carbocycles. The van der Waals surface area contributed by atoms with Crippen LogP contribution in [0, 0.1) is 11.6 Å². The summed E-state index contributed by atoms with van der Waals surface area (Å²) in [6.45, 7) is 2.01. The van der Waals surface area contributed by atoms with E-state index in [9.17, 15) is 8.78 Å². The van der Waals surface area contributed by atoms with Crippen LogP contribution in [0.3, 0.4) is 0 Å². The van der Waals surface area contributed by atoms with Crippen molar-refractivity contribution in [2.24, 2.45) is 0 Å². The summed E-state index contributed by atoms with van der Waals surface area (Å²) in [5.41, 5.74) is -0.182. The largest absolute Gasteiger partial charge is 0.440 e. The molecule has 0 unspecified atom stereocenters. The van der Waals surface area contributed by atoms with Gasteiger partial charge in [-0.05, 0) is 12.1 Å². The molecule has 0 aliphatic carbocycles. The fourth-order valence-corrected chi connectivity index (χ4v) is 1.77. The van der Waals surface area contributed by atoms with Gasteiger partial charge in [0.25, 0.3) is 0 Å². The Morgan fingerprint density at radius 3 is 2.70 bits per heavy atom. The van der Waals surface area contributed by atoms with Gasteiger partial charge >= 0.3 is 0 Å². The molecule has 108 valence electrons. The van der Waals surface area contributed by atoms with Crippen molar-refractivity contribution in [3.05, 3.63) is 41.9 Å². The van der Waals surface area contributed by atoms with Crippen LogP contribution in [-0.4, -0.2) is 31.8 Å². The molecule has 1 N–H and O–H groups in total. The zero-order valence-electron chi connectivity index (χ0n) is 11.2. The maximum atomic E-state index is 13.6. The lowest BCUT2D eigenvalue weighted by molar-refractivity contribution is 0.199. The minimum absolute atomic E-state index is 0.104. The van der Waals surface area contributed by atoms with Crippen LogP contribution in [0.2, 0.25) is 0 Å². The average molecular weight is 282 g/mol. The number of aromatic nitrogens is 1. The summed E-state index contributed by atoms with van der Waals surface area (Å²) >= 11 is 0. The zero-order chi connectivity index (χ0) is 14.4. The Bertz CT molecular complexity index is 538. The molecule has 2 aromatic rings. The Balaban J connectivity index is 1.98. The second-order valence-corrected chi connectivity index (χ2v) is 4.21. The van der Waals surface area contributed by atoms with Crippen LogP contribution in [0.4, 0.5) is 8.78 Å². The Kier molecular flexibility index (Phi) is 5.20. The molecule has 0 atom stereocenters. The maximum absolute atomic E-state index is 13.6. The van der Waals surface area contributed by atoms with Crippen molar-refractivity contribution in [3.63, 3.8) is 0 Å². The molecule has 0 fully saturated rings. The maximum Gasteiger partial charge on any atom is 0.196 e. The molecule has 0 saturated carbocycles. The van der Waals surface area contributed by atoms with Gasteiger partial charge in [0.2, 0.25) is 0 Å². The summed E-state index contributed by atoms with van der Waals surface area (Å²) in [5, 5.41) is 3.13. The zero-order valence-corrected chi connectivity index (χ0v) is 11.2. The van der Waals surface area contributed by atoms with E-state index in [-0.39, 0.29) is 11.3 Å². The molecule has 1 heterocycles. The predicted octanol–water partition coefficient (Wildman–Crippen LogP) is 2.40. The summed E-state index contributed by atoms with van der Waals surface area (Å²) in [6, 6.07) is 3.69. The Hall–Kier alpha value is -1.79. The van der Waals surface area contributed by atoms with Crippen LogP contribution >= 0.6 is 0 Å². The summed E-state index contributed by atoms with van der Waals surface area (Å²) in [7, 11) is 1.63. The molecule has 0 bridgehead atoms. The summed E-state index contributed by atoms with van der Waals surface area (Å²) < 4.78 is 37.4. The van der Waals surface area contributed by atoms with E-state index in [1.165, 1.54) is 24.4 Å². The number of benzene rings is 1. The molecule has 20 heavy (non-hydrogen) atoms. The molecular weight excluding hydrogens is 266 g/mol. The first-order chi connectivity index (χ1) is 9.72. The van der Waals surface area contributed by atoms with E-state index in [4.69, 9.17) is 9.15 Å². The van der Waals surface area contributed by atoms with Gasteiger partial charge in [-0.1, -0.05) is 6.07 Å². The van der Waals surface area contributed by atoms with Crippen LogP contribution < -0.4 is 5.32 Å². The molecule has 2 rings (SSSR count). The van der Waals surface area contributed by atoms with E-state index in [0.29, 0.717) is 25.5 Å². The number of halogens is 2. The lowest BCUT2D eigenvalue weighted by Gasteiger charge is -2.02. The highest BCUT2D eigenvalue weighted by molar-refractivity contribution is 5.58. The van der Waals surface area contributed by atoms with Gasteiger partial charge in [0.15, 0.2) is 11.7 Å². The minimum Gasteiger partial charge on any atom is -0.440 e. The van der Waals surface area contributed by atoms with Crippen molar-refractivity contribution in [2.75, 3.05) is 26.8 Å². The number of hydrogen-bond acceptors (Lipinski definition) is 4. The fraction of sp³-hybridized carbons (Fsp3) is 0.357. The highest BCUT2D eigenvalue weighted by Crippen LogP contribution is 2.26. The van der Waals surface area contributed by atoms with Crippen LogP contribution in [0.5, 0.6) is 0 Å².